The number of carbonyl (C=O) groups excluding carboxylic acids is 1. The zero-order valence-corrected chi connectivity index (χ0v) is 14.0. The van der Waals surface area contributed by atoms with Crippen molar-refractivity contribution in [1.29, 1.82) is 0 Å². The van der Waals surface area contributed by atoms with E-state index < -0.39 is 33.5 Å². The molecule has 1 aromatic rings. The van der Waals surface area contributed by atoms with Crippen LogP contribution in [0.1, 0.15) is 19.8 Å². The molecule has 2 N–H and O–H groups in total. The highest BCUT2D eigenvalue weighted by Crippen LogP contribution is 2.32. The Morgan fingerprint density at radius 2 is 1.92 bits per heavy atom. The zero-order chi connectivity index (χ0) is 17.7. The van der Waals surface area contributed by atoms with Gasteiger partial charge >= 0.3 is 5.97 Å². The van der Waals surface area contributed by atoms with E-state index >= 15 is 0 Å². The average Bonchev–Trinajstić information content (AvgIpc) is 2.77. The van der Waals surface area contributed by atoms with Crippen molar-refractivity contribution in [2.45, 2.75) is 30.7 Å². The molecule has 0 spiro atoms. The summed E-state index contributed by atoms with van der Waals surface area (Å²) in [5.41, 5.74) is 0. The molecule has 0 saturated carbocycles. The summed E-state index contributed by atoms with van der Waals surface area (Å²) in [4.78, 5) is 22.3. The summed E-state index contributed by atoms with van der Waals surface area (Å²) >= 11 is 0. The van der Waals surface area contributed by atoms with Gasteiger partial charge in [-0.2, -0.15) is 0 Å². The van der Waals surface area contributed by atoms with Crippen LogP contribution in [0.2, 0.25) is 0 Å². The monoisotopic (exact) mass is 357 g/mol. The molecule has 1 aliphatic heterocycles. The van der Waals surface area contributed by atoms with Crippen molar-refractivity contribution in [3.05, 3.63) is 18.2 Å². The minimum atomic E-state index is -3.70. The van der Waals surface area contributed by atoms with Crippen LogP contribution in [0.15, 0.2) is 23.1 Å². The molecule has 0 saturated heterocycles. The number of carboxylic acid groups (broad SMARTS) is 1. The Labute approximate surface area is 139 Å². The number of benzene rings is 1. The van der Waals surface area contributed by atoms with Crippen molar-refractivity contribution >= 4 is 21.7 Å². The number of carboxylic acids is 1. The molecule has 24 heavy (non-hydrogen) atoms. The Hall–Kier alpha value is -2.29. The third-order valence-corrected chi connectivity index (χ3v) is 5.14. The lowest BCUT2D eigenvalue weighted by molar-refractivity contribution is -0.141. The number of fused-ring (bicyclic) bond motifs is 1. The molecule has 0 radical (unpaired) electrons. The maximum absolute atomic E-state index is 12.3. The molecule has 1 amide bonds. The van der Waals surface area contributed by atoms with Gasteiger partial charge < -0.3 is 19.9 Å². The Balaban J connectivity index is 2.04. The Bertz CT molecular complexity index is 729. The number of carbonyl (C=O) groups is 2. The van der Waals surface area contributed by atoms with Gasteiger partial charge in [-0.05, 0) is 19.1 Å². The van der Waals surface area contributed by atoms with Crippen LogP contribution in [-0.4, -0.2) is 50.4 Å². The van der Waals surface area contributed by atoms with Gasteiger partial charge in [-0.1, -0.05) is 0 Å². The van der Waals surface area contributed by atoms with E-state index in [9.17, 15) is 18.0 Å². The van der Waals surface area contributed by atoms with E-state index in [1.165, 1.54) is 25.1 Å². The van der Waals surface area contributed by atoms with E-state index in [-0.39, 0.29) is 11.3 Å². The molecule has 0 unspecified atom stereocenters. The molecule has 0 bridgehead atoms. The lowest BCUT2D eigenvalue weighted by Gasteiger charge is -2.11. The number of hydrogen-bond acceptors (Lipinski definition) is 6. The highest BCUT2D eigenvalue weighted by molar-refractivity contribution is 7.91. The Morgan fingerprint density at radius 3 is 2.58 bits per heavy atom. The van der Waals surface area contributed by atoms with E-state index in [0.717, 1.165) is 0 Å². The lowest BCUT2D eigenvalue weighted by atomic mass is 10.3. The van der Waals surface area contributed by atoms with E-state index in [0.29, 0.717) is 31.1 Å². The molecule has 9 heteroatoms. The second kappa shape index (κ2) is 7.52. The molecule has 2 rings (SSSR count). The molecule has 1 atom stereocenters. The molecule has 0 fully saturated rings. The zero-order valence-electron chi connectivity index (χ0n) is 13.1. The third-order valence-electron chi connectivity index (χ3n) is 3.42. The largest absolute Gasteiger partial charge is 0.490 e. The maximum Gasteiger partial charge on any atom is 0.325 e. The molecule has 0 aliphatic carbocycles. The quantitative estimate of drug-likeness (QED) is 0.765. The van der Waals surface area contributed by atoms with Crippen molar-refractivity contribution < 1.29 is 32.6 Å². The van der Waals surface area contributed by atoms with Gasteiger partial charge in [0.05, 0.1) is 23.9 Å². The summed E-state index contributed by atoms with van der Waals surface area (Å²) in [5, 5.41) is 10.9. The molecule has 1 aliphatic rings. The van der Waals surface area contributed by atoms with Crippen LogP contribution in [0, 0.1) is 0 Å². The molecule has 0 aromatic heterocycles. The predicted molar refractivity (Wildman–Crippen MR) is 84.0 cm³/mol. The first-order valence-corrected chi connectivity index (χ1v) is 9.09. The van der Waals surface area contributed by atoms with E-state index in [4.69, 9.17) is 14.6 Å². The van der Waals surface area contributed by atoms with Crippen molar-refractivity contribution in [2.75, 3.05) is 19.0 Å². The number of aliphatic carboxylic acids is 1. The molecule has 1 aromatic carbocycles. The minimum Gasteiger partial charge on any atom is -0.490 e. The number of nitrogens with one attached hydrogen (secondary N) is 1. The first-order chi connectivity index (χ1) is 11.3. The van der Waals surface area contributed by atoms with Crippen molar-refractivity contribution in [3.8, 4) is 11.5 Å². The first kappa shape index (κ1) is 18.1. The second-order valence-electron chi connectivity index (χ2n) is 5.36. The fraction of sp³-hybridized carbons (Fsp3) is 0.467. The third kappa shape index (κ3) is 4.60. The summed E-state index contributed by atoms with van der Waals surface area (Å²) < 4.78 is 35.6. The number of rotatable bonds is 6. The topological polar surface area (TPSA) is 119 Å². The van der Waals surface area contributed by atoms with Crippen molar-refractivity contribution in [3.63, 3.8) is 0 Å². The van der Waals surface area contributed by atoms with Crippen LogP contribution < -0.4 is 14.8 Å². The smallest absolute Gasteiger partial charge is 0.325 e. The Morgan fingerprint density at radius 1 is 1.25 bits per heavy atom. The summed E-state index contributed by atoms with van der Waals surface area (Å²) in [5.74, 6) is -1.40. The summed E-state index contributed by atoms with van der Waals surface area (Å²) in [6, 6.07) is 3.24. The van der Waals surface area contributed by atoms with Gasteiger partial charge in [0.1, 0.15) is 6.04 Å². The van der Waals surface area contributed by atoms with E-state index in [2.05, 4.69) is 5.32 Å². The van der Waals surface area contributed by atoms with Crippen molar-refractivity contribution in [1.82, 2.24) is 5.32 Å². The van der Waals surface area contributed by atoms with E-state index in [1.807, 2.05) is 0 Å². The van der Waals surface area contributed by atoms with Crippen LogP contribution in [0.3, 0.4) is 0 Å². The molecule has 1 heterocycles. The highest BCUT2D eigenvalue weighted by atomic mass is 32.2. The average molecular weight is 357 g/mol. The van der Waals surface area contributed by atoms with Crippen LogP contribution in [0.5, 0.6) is 11.5 Å². The lowest BCUT2D eigenvalue weighted by Crippen LogP contribution is -2.38. The highest BCUT2D eigenvalue weighted by Gasteiger charge is 2.21. The van der Waals surface area contributed by atoms with Gasteiger partial charge in [0.25, 0.3) is 0 Å². The predicted octanol–water partition coefficient (Wildman–Crippen LogP) is 0.601. The standard InChI is InChI=1S/C15H19NO7S/c1-10(15(18)19)16-14(17)5-8-24(20,21)11-3-4-12-13(9-11)23-7-2-6-22-12/h3-4,9-10H,2,5-8H2,1H3,(H,16,17)(H,18,19)/t10-/m0/s1. The van der Waals surface area contributed by atoms with Gasteiger partial charge in [0.15, 0.2) is 21.3 Å². The molecular weight excluding hydrogens is 338 g/mol. The van der Waals surface area contributed by atoms with Crippen LogP contribution in [0.25, 0.3) is 0 Å². The van der Waals surface area contributed by atoms with Gasteiger partial charge in [0, 0.05) is 18.9 Å². The Kier molecular flexibility index (Phi) is 5.66. The minimum absolute atomic E-state index is 0.0332. The first-order valence-electron chi connectivity index (χ1n) is 7.44. The number of hydrogen-bond donors (Lipinski definition) is 2. The SMILES string of the molecule is C[C@H](NC(=O)CCS(=O)(=O)c1ccc2c(c1)OCCCO2)C(=O)O. The van der Waals surface area contributed by atoms with Crippen molar-refractivity contribution in [2.24, 2.45) is 0 Å². The summed E-state index contributed by atoms with van der Waals surface area (Å²) in [6.07, 6.45) is 0.382. The van der Waals surface area contributed by atoms with Gasteiger partial charge in [-0.25, -0.2) is 8.42 Å². The maximum atomic E-state index is 12.3. The molecular formula is C15H19NO7S. The number of ether oxygens (including phenoxy) is 2. The van der Waals surface area contributed by atoms with Crippen LogP contribution in [0.4, 0.5) is 0 Å². The van der Waals surface area contributed by atoms with Crippen LogP contribution in [-0.2, 0) is 19.4 Å². The summed E-state index contributed by atoms with van der Waals surface area (Å²) in [7, 11) is -3.70. The number of amides is 1. The van der Waals surface area contributed by atoms with Gasteiger partial charge in [-0.15, -0.1) is 0 Å². The van der Waals surface area contributed by atoms with Gasteiger partial charge in [0.2, 0.25) is 5.91 Å². The summed E-state index contributed by atoms with van der Waals surface area (Å²) in [6.45, 7) is 2.24. The van der Waals surface area contributed by atoms with Gasteiger partial charge in [-0.3, -0.25) is 9.59 Å². The molecule has 132 valence electrons. The fourth-order valence-corrected chi connectivity index (χ4v) is 3.31. The second-order valence-corrected chi connectivity index (χ2v) is 7.46. The fourth-order valence-electron chi connectivity index (χ4n) is 2.06. The number of sulfone groups is 1. The normalized spacial score (nSPS) is 15.2. The van der Waals surface area contributed by atoms with E-state index in [1.54, 1.807) is 0 Å². The van der Waals surface area contributed by atoms with Crippen LogP contribution >= 0.6 is 0 Å². The molecule has 8 nitrogen and oxygen atoms in total.